The molecule has 0 spiro atoms. The number of aromatic nitrogens is 5. The maximum atomic E-state index is 16.5. The molecule has 5 heterocycles. The van der Waals surface area contributed by atoms with Crippen LogP contribution in [0.1, 0.15) is 46.0 Å². The molecule has 8 rings (SSSR count). The van der Waals surface area contributed by atoms with Crippen LogP contribution in [-0.2, 0) is 23.9 Å². The second-order valence-electron chi connectivity index (χ2n) is 12.9. The van der Waals surface area contributed by atoms with Crippen molar-refractivity contribution in [2.24, 2.45) is 0 Å². The van der Waals surface area contributed by atoms with Gasteiger partial charge < -0.3 is 19.4 Å². The number of aryl methyl sites for hydroxylation is 1. The zero-order valence-corrected chi connectivity index (χ0v) is 28.8. The molecule has 52 heavy (non-hydrogen) atoms. The van der Waals surface area contributed by atoms with Crippen LogP contribution in [0.3, 0.4) is 0 Å². The van der Waals surface area contributed by atoms with Crippen LogP contribution in [0.4, 0.5) is 18.9 Å². The van der Waals surface area contributed by atoms with Crippen LogP contribution in [0.15, 0.2) is 78.9 Å². The van der Waals surface area contributed by atoms with E-state index in [0.717, 1.165) is 33.5 Å². The van der Waals surface area contributed by atoms with Crippen LogP contribution in [0.5, 0.6) is 5.88 Å². The Hall–Kier alpha value is -5.24. The molecule has 2 aliphatic heterocycles. The van der Waals surface area contributed by atoms with Crippen molar-refractivity contribution < 1.29 is 27.4 Å². The molecule has 2 N–H and O–H groups in total. The molecule has 1 atom stereocenters. The first-order chi connectivity index (χ1) is 25.1. The van der Waals surface area contributed by atoms with Crippen molar-refractivity contribution in [1.29, 1.82) is 0 Å². The fourth-order valence-corrected chi connectivity index (χ4v) is 6.66. The number of rotatable bonds is 10. The molecule has 0 aliphatic carbocycles. The zero-order valence-electron chi connectivity index (χ0n) is 28.0. The number of hydrogen-bond donors (Lipinski definition) is 2. The number of ether oxygens (including phenoxy) is 2. The van der Waals surface area contributed by atoms with Gasteiger partial charge in [-0.05, 0) is 79.9 Å². The largest absolute Gasteiger partial charge is 0.473 e. The normalized spacial score (nSPS) is 16.6. The lowest BCUT2D eigenvalue weighted by Gasteiger charge is -2.34. The number of pyridine rings is 1. The minimum Gasteiger partial charge on any atom is -0.473 e. The first-order valence-electron chi connectivity index (χ1n) is 16.9. The molecule has 1 saturated heterocycles. The van der Waals surface area contributed by atoms with E-state index in [4.69, 9.17) is 21.1 Å². The van der Waals surface area contributed by atoms with Crippen molar-refractivity contribution >= 4 is 50.7 Å². The summed E-state index contributed by atoms with van der Waals surface area (Å²) in [4.78, 5) is 23.3. The Bertz CT molecular complexity index is 2350. The molecule has 14 heteroatoms. The van der Waals surface area contributed by atoms with E-state index in [1.165, 1.54) is 10.6 Å². The van der Waals surface area contributed by atoms with Crippen LogP contribution >= 0.6 is 11.6 Å². The fraction of sp³-hybridized carbons (Fsp3) is 0.263. The van der Waals surface area contributed by atoms with Gasteiger partial charge in [0, 0.05) is 58.7 Å². The number of benzene rings is 3. The Morgan fingerprint density at radius 1 is 1.10 bits per heavy atom. The maximum absolute atomic E-state index is 16.5. The number of anilines is 1. The van der Waals surface area contributed by atoms with E-state index in [0.29, 0.717) is 51.6 Å². The molecule has 3 aromatic carbocycles. The van der Waals surface area contributed by atoms with Crippen LogP contribution in [0.25, 0.3) is 27.5 Å². The molecule has 0 radical (unpaired) electrons. The standard InChI is InChI=1S/C38H33ClF3N7O3/c1-22-29-17-24(6-9-32(29)47-46-22)36(50)43-27-8-10-34-33(19-27)45-37(49(34)20-28-13-16-51-28)38(41,42)48-14-11-23(12-15-48)31-3-2-4-35(44-31)52-21-25-5-7-26(39)18-30(25)40/h2-11,17-19,28H,12-16,20-21H2,1H3,(H,43,50)(H,46,47). The molecule has 0 saturated carbocycles. The minimum atomic E-state index is -3.42. The summed E-state index contributed by atoms with van der Waals surface area (Å²) in [5.74, 6) is -0.914. The van der Waals surface area contributed by atoms with Gasteiger partial charge in [-0.3, -0.25) is 9.89 Å². The fourth-order valence-electron chi connectivity index (χ4n) is 6.50. The average molecular weight is 728 g/mol. The topological polar surface area (TPSA) is 110 Å². The highest BCUT2D eigenvalue weighted by Gasteiger charge is 2.45. The van der Waals surface area contributed by atoms with Gasteiger partial charge in [0.05, 0.1) is 34.9 Å². The van der Waals surface area contributed by atoms with Crippen molar-refractivity contribution in [2.45, 2.75) is 45.1 Å². The van der Waals surface area contributed by atoms with Gasteiger partial charge in [0.1, 0.15) is 12.4 Å². The van der Waals surface area contributed by atoms with Crippen molar-refractivity contribution in [2.75, 3.05) is 25.0 Å². The van der Waals surface area contributed by atoms with Gasteiger partial charge in [-0.15, -0.1) is 0 Å². The van der Waals surface area contributed by atoms with Gasteiger partial charge in [0.15, 0.2) is 5.82 Å². The highest BCUT2D eigenvalue weighted by atomic mass is 35.5. The van der Waals surface area contributed by atoms with Crippen molar-refractivity contribution in [3.63, 3.8) is 0 Å². The number of carbonyl (C=O) groups is 1. The third kappa shape index (κ3) is 6.62. The van der Waals surface area contributed by atoms with Crippen molar-refractivity contribution in [3.8, 4) is 5.88 Å². The number of carbonyl (C=O) groups excluding carboxylic acids is 1. The Morgan fingerprint density at radius 3 is 2.73 bits per heavy atom. The van der Waals surface area contributed by atoms with Crippen LogP contribution in [0.2, 0.25) is 5.02 Å². The predicted octanol–water partition coefficient (Wildman–Crippen LogP) is 7.87. The number of H-pyrrole nitrogens is 1. The lowest BCUT2D eigenvalue weighted by atomic mass is 10.0. The number of aromatic amines is 1. The summed E-state index contributed by atoms with van der Waals surface area (Å²) in [6.07, 6.45) is 2.61. The second kappa shape index (κ2) is 13.7. The number of imidazole rings is 1. The number of halogens is 4. The number of alkyl halides is 2. The molecule has 2 aliphatic rings. The van der Waals surface area contributed by atoms with E-state index in [9.17, 15) is 9.18 Å². The van der Waals surface area contributed by atoms with Crippen LogP contribution < -0.4 is 10.1 Å². The third-order valence-corrected chi connectivity index (χ3v) is 9.75. The summed E-state index contributed by atoms with van der Waals surface area (Å²) < 4.78 is 60.1. The molecule has 1 amide bonds. The van der Waals surface area contributed by atoms with Gasteiger partial charge in [-0.1, -0.05) is 29.8 Å². The van der Waals surface area contributed by atoms with Gasteiger partial charge >= 0.3 is 6.05 Å². The van der Waals surface area contributed by atoms with Gasteiger partial charge in [-0.25, -0.2) is 19.3 Å². The molecule has 6 aromatic rings. The van der Waals surface area contributed by atoms with Crippen molar-refractivity contribution in [3.05, 3.63) is 118 Å². The van der Waals surface area contributed by atoms with Crippen LogP contribution in [-0.4, -0.2) is 61.3 Å². The Kier molecular flexibility index (Phi) is 8.94. The summed E-state index contributed by atoms with van der Waals surface area (Å²) in [6.45, 7) is 2.65. The average Bonchev–Trinajstić information content (AvgIpc) is 3.69. The number of hydrogen-bond acceptors (Lipinski definition) is 7. The van der Waals surface area contributed by atoms with E-state index in [-0.39, 0.29) is 50.0 Å². The predicted molar refractivity (Wildman–Crippen MR) is 191 cm³/mol. The highest BCUT2D eigenvalue weighted by Crippen LogP contribution is 2.38. The SMILES string of the molecule is Cc1[nH]nc2ccc(C(=O)Nc3ccc4c(c3)nc(C(F)(F)N3CC=C(c5cccc(OCc6ccc(Cl)cc6F)n5)CC3)n4CC3CCO3)cc12. The number of nitrogens with one attached hydrogen (secondary N) is 2. The van der Waals surface area contributed by atoms with E-state index >= 15 is 8.78 Å². The van der Waals surface area contributed by atoms with E-state index in [1.807, 2.05) is 6.92 Å². The monoisotopic (exact) mass is 727 g/mol. The van der Waals surface area contributed by atoms with Gasteiger partial charge in [0.25, 0.3) is 5.91 Å². The minimum absolute atomic E-state index is 0.0404. The van der Waals surface area contributed by atoms with Gasteiger partial charge in [0.2, 0.25) is 5.88 Å². The number of nitrogens with zero attached hydrogens (tertiary/aromatic N) is 5. The molecule has 1 fully saturated rings. The number of amides is 1. The summed E-state index contributed by atoms with van der Waals surface area (Å²) in [5.41, 5.74) is 5.07. The Labute approximate surface area is 301 Å². The van der Waals surface area contributed by atoms with Crippen LogP contribution in [0, 0.1) is 12.7 Å². The molecular weight excluding hydrogens is 695 g/mol. The highest BCUT2D eigenvalue weighted by molar-refractivity contribution is 6.30. The molecule has 10 nitrogen and oxygen atoms in total. The molecule has 1 unspecified atom stereocenters. The quantitative estimate of drug-likeness (QED) is 0.138. The molecule has 266 valence electrons. The molecule has 0 bridgehead atoms. The summed E-state index contributed by atoms with van der Waals surface area (Å²) >= 11 is 5.85. The first-order valence-corrected chi connectivity index (χ1v) is 17.2. The second-order valence-corrected chi connectivity index (χ2v) is 13.4. The Morgan fingerprint density at radius 2 is 1.96 bits per heavy atom. The lowest BCUT2D eigenvalue weighted by molar-refractivity contribution is -0.160. The lowest BCUT2D eigenvalue weighted by Crippen LogP contribution is -2.44. The Balaban J connectivity index is 1.01. The summed E-state index contributed by atoms with van der Waals surface area (Å²) in [7, 11) is 0. The third-order valence-electron chi connectivity index (χ3n) is 9.51. The van der Waals surface area contributed by atoms with Crippen molar-refractivity contribution in [1.82, 2.24) is 29.6 Å². The van der Waals surface area contributed by atoms with E-state index in [1.54, 1.807) is 72.8 Å². The molecule has 3 aromatic heterocycles. The van der Waals surface area contributed by atoms with E-state index < -0.39 is 11.9 Å². The van der Waals surface area contributed by atoms with E-state index in [2.05, 4.69) is 25.5 Å². The smallest absolute Gasteiger partial charge is 0.364 e. The summed E-state index contributed by atoms with van der Waals surface area (Å²) in [5, 5.41) is 11.1. The first kappa shape index (κ1) is 33.9. The summed E-state index contributed by atoms with van der Waals surface area (Å²) in [6, 6.07) is 16.4. The van der Waals surface area contributed by atoms with Gasteiger partial charge in [-0.2, -0.15) is 13.9 Å². The molecular formula is C38H33ClF3N7O3. The maximum Gasteiger partial charge on any atom is 0.364 e. The number of fused-ring (bicyclic) bond motifs is 2. The zero-order chi connectivity index (χ0) is 36.0.